The first-order valence-corrected chi connectivity index (χ1v) is 16.5. The van der Waals surface area contributed by atoms with Crippen LogP contribution in [0.25, 0.3) is 21.8 Å². The van der Waals surface area contributed by atoms with Gasteiger partial charge in [0, 0.05) is 42.0 Å². The lowest BCUT2D eigenvalue weighted by Crippen LogP contribution is -2.37. The monoisotopic (exact) mass is 673 g/mol. The predicted molar refractivity (Wildman–Crippen MR) is 168 cm³/mol. The van der Waals surface area contributed by atoms with Crippen molar-refractivity contribution in [3.63, 3.8) is 0 Å². The summed E-state index contributed by atoms with van der Waals surface area (Å²) in [7, 11) is 1.39. The highest BCUT2D eigenvalue weighted by Crippen LogP contribution is 2.45. The molecule has 1 aromatic carbocycles. The molecule has 2 fully saturated rings. The van der Waals surface area contributed by atoms with E-state index in [2.05, 4.69) is 32.6 Å². The zero-order valence-electron chi connectivity index (χ0n) is 25.4. The summed E-state index contributed by atoms with van der Waals surface area (Å²) in [6, 6.07) is 5.72. The number of nitriles is 1. The lowest BCUT2D eigenvalue weighted by Gasteiger charge is -2.30. The summed E-state index contributed by atoms with van der Waals surface area (Å²) < 4.78 is 29.4. The van der Waals surface area contributed by atoms with Crippen molar-refractivity contribution in [1.29, 1.82) is 5.26 Å². The number of ether oxygens (including phenoxy) is 2. The summed E-state index contributed by atoms with van der Waals surface area (Å²) >= 11 is 4.86. The van der Waals surface area contributed by atoms with Gasteiger partial charge in [-0.3, -0.25) is 4.90 Å². The molecule has 0 saturated carbocycles. The van der Waals surface area contributed by atoms with Crippen molar-refractivity contribution >= 4 is 61.7 Å². The molecule has 43 heavy (non-hydrogen) atoms. The third kappa shape index (κ3) is 5.78. The number of rotatable bonds is 5. The Morgan fingerprint density at radius 1 is 1.21 bits per heavy atom. The van der Waals surface area contributed by atoms with Gasteiger partial charge in [-0.05, 0) is 93.3 Å². The molecule has 2 amide bonds. The lowest BCUT2D eigenvalue weighted by atomic mass is 10.0. The fourth-order valence-electron chi connectivity index (χ4n) is 6.41. The number of carbonyl (C=O) groups excluding carboxylic acids is 2. The summed E-state index contributed by atoms with van der Waals surface area (Å²) in [5.41, 5.74) is 2.03. The largest absolute Gasteiger partial charge is 0.453 e. The Hall–Kier alpha value is -3.04. The molecular weight excluding hydrogens is 637 g/mol. The summed E-state index contributed by atoms with van der Waals surface area (Å²) in [5.74, 6) is -0.468. The maximum absolute atomic E-state index is 16.0. The van der Waals surface area contributed by atoms with Crippen molar-refractivity contribution < 1.29 is 23.5 Å². The number of halogens is 2. The SMILES string of the molecule is COC(=O)N1C(C)CCC1c1cc2c(SC)nc3c(F)c(Br)c(CCC#N)cc3c2n1C1CCN(C(=O)OC(C)(C)C)C1. The minimum absolute atomic E-state index is 0.0216. The molecule has 230 valence electrons. The number of aromatic nitrogens is 2. The number of hydrogen-bond acceptors (Lipinski definition) is 7. The van der Waals surface area contributed by atoms with Crippen LogP contribution >= 0.6 is 27.7 Å². The van der Waals surface area contributed by atoms with Gasteiger partial charge in [0.1, 0.15) is 16.1 Å². The van der Waals surface area contributed by atoms with Crippen molar-refractivity contribution in [2.45, 2.75) is 88.6 Å². The Kier molecular flexibility index (Phi) is 8.87. The number of benzene rings is 1. The number of pyridine rings is 1. The van der Waals surface area contributed by atoms with E-state index in [0.717, 1.165) is 29.4 Å². The van der Waals surface area contributed by atoms with Crippen LogP contribution in [0.3, 0.4) is 0 Å². The summed E-state index contributed by atoms with van der Waals surface area (Å²) in [6.07, 6.45) is 3.99. The van der Waals surface area contributed by atoms with Gasteiger partial charge >= 0.3 is 12.2 Å². The number of amides is 2. The number of aryl methyl sites for hydroxylation is 1. The smallest absolute Gasteiger partial charge is 0.410 e. The maximum atomic E-state index is 16.0. The Morgan fingerprint density at radius 3 is 2.60 bits per heavy atom. The van der Waals surface area contributed by atoms with E-state index in [4.69, 9.17) is 14.5 Å². The lowest BCUT2D eigenvalue weighted by molar-refractivity contribution is 0.0289. The van der Waals surface area contributed by atoms with Crippen LogP contribution in [0.5, 0.6) is 0 Å². The van der Waals surface area contributed by atoms with Crippen LogP contribution < -0.4 is 0 Å². The van der Waals surface area contributed by atoms with Crippen LogP contribution in [0.1, 0.15) is 76.7 Å². The molecule has 4 heterocycles. The summed E-state index contributed by atoms with van der Waals surface area (Å²) in [6.45, 7) is 8.47. The normalized spacial score (nSPS) is 20.7. The summed E-state index contributed by atoms with van der Waals surface area (Å²) in [4.78, 5) is 34.4. The third-order valence-electron chi connectivity index (χ3n) is 8.30. The van der Waals surface area contributed by atoms with E-state index in [0.29, 0.717) is 46.4 Å². The number of thioether (sulfide) groups is 1. The topological polar surface area (TPSA) is 101 Å². The van der Waals surface area contributed by atoms with Gasteiger partial charge in [0.25, 0.3) is 0 Å². The molecule has 3 unspecified atom stereocenters. The Morgan fingerprint density at radius 2 is 1.95 bits per heavy atom. The number of likely N-dealkylation sites (tertiary alicyclic amines) is 2. The van der Waals surface area contributed by atoms with Gasteiger partial charge in [-0.1, -0.05) is 0 Å². The Bertz CT molecular complexity index is 1630. The molecule has 0 bridgehead atoms. The van der Waals surface area contributed by atoms with Gasteiger partial charge in [0.2, 0.25) is 0 Å². The van der Waals surface area contributed by atoms with E-state index < -0.39 is 17.5 Å². The van der Waals surface area contributed by atoms with Crippen molar-refractivity contribution in [3.05, 3.63) is 33.7 Å². The average Bonchev–Trinajstić information content (AvgIpc) is 3.69. The van der Waals surface area contributed by atoms with E-state index in [9.17, 15) is 14.9 Å². The average molecular weight is 675 g/mol. The molecule has 2 aliphatic heterocycles. The van der Waals surface area contributed by atoms with Crippen molar-refractivity contribution in [2.75, 3.05) is 26.5 Å². The molecule has 0 spiro atoms. The van der Waals surface area contributed by atoms with Gasteiger partial charge in [0.15, 0.2) is 5.82 Å². The highest BCUT2D eigenvalue weighted by Gasteiger charge is 2.41. The highest BCUT2D eigenvalue weighted by atomic mass is 79.9. The van der Waals surface area contributed by atoms with Crippen LogP contribution in [0.2, 0.25) is 0 Å². The first kappa shape index (κ1) is 31.4. The number of nitrogens with zero attached hydrogens (tertiary/aromatic N) is 5. The van der Waals surface area contributed by atoms with Gasteiger partial charge in [-0.15, -0.1) is 11.8 Å². The third-order valence-corrected chi connectivity index (χ3v) is 9.85. The molecule has 3 aromatic rings. The molecule has 0 N–H and O–H groups in total. The van der Waals surface area contributed by atoms with E-state index in [-0.39, 0.29) is 36.2 Å². The molecule has 2 aromatic heterocycles. The minimum Gasteiger partial charge on any atom is -0.453 e. The van der Waals surface area contributed by atoms with Crippen molar-refractivity contribution in [2.24, 2.45) is 0 Å². The van der Waals surface area contributed by atoms with Crippen LogP contribution in [0.4, 0.5) is 14.0 Å². The highest BCUT2D eigenvalue weighted by molar-refractivity contribution is 9.10. The van der Waals surface area contributed by atoms with Gasteiger partial charge in [-0.2, -0.15) is 5.26 Å². The molecule has 5 rings (SSSR count). The number of carbonyl (C=O) groups is 2. The van der Waals surface area contributed by atoms with Gasteiger partial charge in [0.05, 0.1) is 35.3 Å². The van der Waals surface area contributed by atoms with E-state index in [1.54, 1.807) is 9.80 Å². The molecule has 2 saturated heterocycles. The fraction of sp³-hybridized carbons (Fsp3) is 0.548. The van der Waals surface area contributed by atoms with Crippen LogP contribution in [0, 0.1) is 17.1 Å². The fourth-order valence-corrected chi connectivity index (χ4v) is 7.47. The quantitative estimate of drug-likeness (QED) is 0.255. The number of methoxy groups -OCH3 is 1. The summed E-state index contributed by atoms with van der Waals surface area (Å²) in [5, 5.41) is 11.4. The Labute approximate surface area is 263 Å². The van der Waals surface area contributed by atoms with Crippen LogP contribution in [0.15, 0.2) is 21.6 Å². The standard InChI is InChI=1S/C31H37BrFN5O4S/c1-17-9-10-22(37(17)30(40)41-5)23-15-21-27(38(23)19-11-13-36(16-19)29(39)42-31(2,3)4)20-14-18(8-7-12-34)24(32)25(33)26(20)35-28(21)43-6/h14-15,17,19,22H,7-11,13,16H2,1-6H3. The van der Waals surface area contributed by atoms with E-state index in [1.165, 1.54) is 18.9 Å². The molecule has 0 aliphatic carbocycles. The van der Waals surface area contributed by atoms with Gasteiger partial charge < -0.3 is 18.9 Å². The second kappa shape index (κ2) is 12.2. The zero-order valence-corrected chi connectivity index (χ0v) is 27.8. The number of fused-ring (bicyclic) bond motifs is 3. The van der Waals surface area contributed by atoms with Crippen LogP contribution in [-0.4, -0.2) is 69.6 Å². The minimum atomic E-state index is -0.624. The molecule has 2 aliphatic rings. The zero-order chi connectivity index (χ0) is 31.2. The van der Waals surface area contributed by atoms with E-state index >= 15 is 4.39 Å². The van der Waals surface area contributed by atoms with Gasteiger partial charge in [-0.25, -0.2) is 19.0 Å². The molecule has 12 heteroatoms. The molecule has 0 radical (unpaired) electrons. The Balaban J connectivity index is 1.77. The molecule has 9 nitrogen and oxygen atoms in total. The first-order valence-electron chi connectivity index (χ1n) is 14.5. The van der Waals surface area contributed by atoms with Crippen molar-refractivity contribution in [3.8, 4) is 6.07 Å². The maximum Gasteiger partial charge on any atom is 0.410 e. The first-order chi connectivity index (χ1) is 20.4. The van der Waals surface area contributed by atoms with Crippen molar-refractivity contribution in [1.82, 2.24) is 19.4 Å². The van der Waals surface area contributed by atoms with Crippen LogP contribution in [-0.2, 0) is 15.9 Å². The molecular formula is C31H37BrFN5O4S. The second-order valence-electron chi connectivity index (χ2n) is 12.2. The predicted octanol–water partition coefficient (Wildman–Crippen LogP) is 7.74. The number of hydrogen-bond donors (Lipinski definition) is 0. The van der Waals surface area contributed by atoms with E-state index in [1.807, 2.05) is 40.0 Å². The second-order valence-corrected chi connectivity index (χ2v) is 13.8. The molecule has 3 atom stereocenters.